The zero-order chi connectivity index (χ0) is 13.1. The number of nitrogens with one attached hydrogen (secondary N) is 1. The number of aromatic nitrogens is 1. The van der Waals surface area contributed by atoms with Crippen LogP contribution in [0.5, 0.6) is 0 Å². The number of benzene rings is 1. The van der Waals surface area contributed by atoms with Gasteiger partial charge in [0.15, 0.2) is 0 Å². The van der Waals surface area contributed by atoms with Crippen molar-refractivity contribution in [3.05, 3.63) is 52.7 Å². The van der Waals surface area contributed by atoms with Crippen LogP contribution in [0.4, 0.5) is 11.5 Å². The Kier molecular flexibility index (Phi) is 3.29. The van der Waals surface area contributed by atoms with Gasteiger partial charge in [0.05, 0.1) is 5.56 Å². The summed E-state index contributed by atoms with van der Waals surface area (Å²) in [6.45, 7) is 6.03. The van der Waals surface area contributed by atoms with Gasteiger partial charge in [0.2, 0.25) is 0 Å². The van der Waals surface area contributed by atoms with Gasteiger partial charge < -0.3 is 5.32 Å². The molecule has 0 amide bonds. The Morgan fingerprint density at radius 3 is 2.61 bits per heavy atom. The van der Waals surface area contributed by atoms with E-state index in [0.29, 0.717) is 11.4 Å². The van der Waals surface area contributed by atoms with Gasteiger partial charge in [-0.2, -0.15) is 5.26 Å². The normalized spacial score (nSPS) is 9.89. The molecule has 1 heterocycles. The summed E-state index contributed by atoms with van der Waals surface area (Å²) >= 11 is 0. The van der Waals surface area contributed by atoms with Gasteiger partial charge in [-0.1, -0.05) is 12.1 Å². The van der Waals surface area contributed by atoms with Crippen molar-refractivity contribution < 1.29 is 0 Å². The molecule has 1 aromatic carbocycles. The first-order valence-corrected chi connectivity index (χ1v) is 5.83. The quantitative estimate of drug-likeness (QED) is 0.867. The van der Waals surface area contributed by atoms with Gasteiger partial charge >= 0.3 is 0 Å². The highest BCUT2D eigenvalue weighted by Gasteiger charge is 2.06. The Morgan fingerprint density at radius 1 is 1.11 bits per heavy atom. The summed E-state index contributed by atoms with van der Waals surface area (Å²) in [7, 11) is 0. The number of pyridine rings is 1. The van der Waals surface area contributed by atoms with E-state index in [2.05, 4.69) is 36.3 Å². The van der Waals surface area contributed by atoms with Crippen molar-refractivity contribution in [1.29, 1.82) is 5.26 Å². The molecule has 18 heavy (non-hydrogen) atoms. The molecule has 0 aliphatic carbocycles. The second-order valence-corrected chi connectivity index (χ2v) is 4.33. The monoisotopic (exact) mass is 237 g/mol. The van der Waals surface area contributed by atoms with Crippen molar-refractivity contribution in [2.24, 2.45) is 0 Å². The summed E-state index contributed by atoms with van der Waals surface area (Å²) in [5.74, 6) is 0.617. The van der Waals surface area contributed by atoms with Crippen LogP contribution < -0.4 is 5.32 Å². The number of anilines is 2. The molecular formula is C15H15N3. The average molecular weight is 237 g/mol. The lowest BCUT2D eigenvalue weighted by Crippen LogP contribution is -2.00. The standard InChI is InChI=1S/C15H15N3/c1-10-5-4-6-14(12(10)3)18-15-13(9-16)8-7-11(2)17-15/h4-8H,1-3H3,(H,17,18). The molecule has 3 heteroatoms. The van der Waals surface area contributed by atoms with E-state index >= 15 is 0 Å². The Morgan fingerprint density at radius 2 is 1.89 bits per heavy atom. The molecule has 2 aromatic rings. The highest BCUT2D eigenvalue weighted by molar-refractivity contribution is 5.66. The minimum atomic E-state index is 0.557. The number of nitrogens with zero attached hydrogens (tertiary/aromatic N) is 2. The summed E-state index contributed by atoms with van der Waals surface area (Å²) in [5, 5.41) is 12.3. The van der Waals surface area contributed by atoms with Crippen molar-refractivity contribution in [3.8, 4) is 6.07 Å². The first kappa shape index (κ1) is 12.1. The van der Waals surface area contributed by atoms with Gasteiger partial charge in [-0.15, -0.1) is 0 Å². The molecular weight excluding hydrogens is 222 g/mol. The molecule has 1 aromatic heterocycles. The maximum Gasteiger partial charge on any atom is 0.148 e. The molecule has 0 aliphatic rings. The molecule has 0 saturated carbocycles. The molecule has 90 valence electrons. The molecule has 3 nitrogen and oxygen atoms in total. The molecule has 0 spiro atoms. The van der Waals surface area contributed by atoms with Gasteiger partial charge in [0, 0.05) is 11.4 Å². The van der Waals surface area contributed by atoms with E-state index in [-0.39, 0.29) is 0 Å². The summed E-state index contributed by atoms with van der Waals surface area (Å²) < 4.78 is 0. The fourth-order valence-corrected chi connectivity index (χ4v) is 1.76. The van der Waals surface area contributed by atoms with Gasteiger partial charge in [0.1, 0.15) is 11.9 Å². The first-order valence-electron chi connectivity index (χ1n) is 5.83. The molecule has 0 bridgehead atoms. The molecule has 0 aliphatic heterocycles. The molecule has 0 fully saturated rings. The zero-order valence-corrected chi connectivity index (χ0v) is 10.8. The van der Waals surface area contributed by atoms with Crippen molar-refractivity contribution in [1.82, 2.24) is 4.98 Å². The van der Waals surface area contributed by atoms with Crippen molar-refractivity contribution in [2.75, 3.05) is 5.32 Å². The van der Waals surface area contributed by atoms with Crippen LogP contribution in [-0.2, 0) is 0 Å². The highest BCUT2D eigenvalue weighted by atomic mass is 15.0. The van der Waals surface area contributed by atoms with E-state index in [0.717, 1.165) is 11.4 Å². The smallest absolute Gasteiger partial charge is 0.148 e. The maximum atomic E-state index is 9.08. The highest BCUT2D eigenvalue weighted by Crippen LogP contribution is 2.23. The van der Waals surface area contributed by atoms with Gasteiger partial charge in [-0.05, 0) is 50.1 Å². The van der Waals surface area contributed by atoms with Crippen LogP contribution in [-0.4, -0.2) is 4.98 Å². The predicted octanol–water partition coefficient (Wildman–Crippen LogP) is 3.62. The van der Waals surface area contributed by atoms with E-state index in [9.17, 15) is 0 Å². The van der Waals surface area contributed by atoms with E-state index < -0.39 is 0 Å². The number of nitriles is 1. The Bertz CT molecular complexity index is 624. The van der Waals surface area contributed by atoms with Gasteiger partial charge in [-0.3, -0.25) is 0 Å². The van der Waals surface area contributed by atoms with E-state index in [1.165, 1.54) is 11.1 Å². The minimum absolute atomic E-state index is 0.557. The molecule has 1 N–H and O–H groups in total. The van der Waals surface area contributed by atoms with Gasteiger partial charge in [-0.25, -0.2) is 4.98 Å². The second kappa shape index (κ2) is 4.89. The third-order valence-corrected chi connectivity index (χ3v) is 3.01. The maximum absolute atomic E-state index is 9.08. The average Bonchev–Trinajstić information content (AvgIpc) is 2.35. The lowest BCUT2D eigenvalue weighted by molar-refractivity contribution is 1.18. The lowest BCUT2D eigenvalue weighted by atomic mass is 10.1. The number of hydrogen-bond donors (Lipinski definition) is 1. The van der Waals surface area contributed by atoms with Crippen LogP contribution in [0.15, 0.2) is 30.3 Å². The largest absolute Gasteiger partial charge is 0.339 e. The molecule has 0 unspecified atom stereocenters. The summed E-state index contributed by atoms with van der Waals surface area (Å²) in [5.41, 5.74) is 4.82. The fourth-order valence-electron chi connectivity index (χ4n) is 1.76. The van der Waals surface area contributed by atoms with Crippen molar-refractivity contribution >= 4 is 11.5 Å². The summed E-state index contributed by atoms with van der Waals surface area (Å²) in [6.07, 6.45) is 0. The van der Waals surface area contributed by atoms with Crippen LogP contribution in [0.25, 0.3) is 0 Å². The number of hydrogen-bond acceptors (Lipinski definition) is 3. The van der Waals surface area contributed by atoms with E-state index in [1.54, 1.807) is 6.07 Å². The number of aryl methyl sites for hydroxylation is 2. The van der Waals surface area contributed by atoms with Crippen LogP contribution in [0, 0.1) is 32.1 Å². The molecule has 0 atom stereocenters. The topological polar surface area (TPSA) is 48.7 Å². The molecule has 0 saturated heterocycles. The SMILES string of the molecule is Cc1ccc(C#N)c(Nc2cccc(C)c2C)n1. The van der Waals surface area contributed by atoms with Crippen LogP contribution in [0.3, 0.4) is 0 Å². The summed E-state index contributed by atoms with van der Waals surface area (Å²) in [6, 6.07) is 11.8. The first-order chi connectivity index (χ1) is 8.61. The van der Waals surface area contributed by atoms with Crippen LogP contribution in [0.2, 0.25) is 0 Å². The van der Waals surface area contributed by atoms with Gasteiger partial charge in [0.25, 0.3) is 0 Å². The predicted molar refractivity (Wildman–Crippen MR) is 72.9 cm³/mol. The third-order valence-electron chi connectivity index (χ3n) is 3.01. The van der Waals surface area contributed by atoms with E-state index in [4.69, 9.17) is 5.26 Å². The fraction of sp³-hybridized carbons (Fsp3) is 0.200. The zero-order valence-electron chi connectivity index (χ0n) is 10.8. The number of rotatable bonds is 2. The molecule has 2 rings (SSSR count). The Labute approximate surface area is 107 Å². The minimum Gasteiger partial charge on any atom is -0.339 e. The van der Waals surface area contributed by atoms with Crippen molar-refractivity contribution in [2.45, 2.75) is 20.8 Å². The third kappa shape index (κ3) is 2.33. The van der Waals surface area contributed by atoms with Crippen molar-refractivity contribution in [3.63, 3.8) is 0 Å². The molecule has 0 radical (unpaired) electrons. The lowest BCUT2D eigenvalue weighted by Gasteiger charge is -2.12. The second-order valence-electron chi connectivity index (χ2n) is 4.33. The van der Waals surface area contributed by atoms with Crippen LogP contribution in [0.1, 0.15) is 22.4 Å². The van der Waals surface area contributed by atoms with Crippen LogP contribution >= 0.6 is 0 Å². The van der Waals surface area contributed by atoms with E-state index in [1.807, 2.05) is 25.1 Å². The summed E-state index contributed by atoms with van der Waals surface area (Å²) in [4.78, 5) is 4.38. The Hall–Kier alpha value is -2.34. The Balaban J connectivity index is 2.43.